The van der Waals surface area contributed by atoms with E-state index in [0.717, 1.165) is 5.56 Å². The summed E-state index contributed by atoms with van der Waals surface area (Å²) in [6, 6.07) is 7.40. The normalized spacial score (nSPS) is 10.4. The largest absolute Gasteiger partial charge is 0.270 e. The zero-order valence-corrected chi connectivity index (χ0v) is 11.3. The quantitative estimate of drug-likeness (QED) is 0.859. The minimum Gasteiger partial charge on any atom is -0.267 e. The first-order valence-electron chi connectivity index (χ1n) is 5.46. The number of carbonyl (C=O) groups excluding carboxylic acids is 1. The van der Waals surface area contributed by atoms with E-state index in [9.17, 15) is 4.79 Å². The highest BCUT2D eigenvalue weighted by molar-refractivity contribution is 7.98. The molecule has 1 aromatic heterocycles. The van der Waals surface area contributed by atoms with E-state index in [4.69, 9.17) is 0 Å². The molecule has 2 aromatic rings. The van der Waals surface area contributed by atoms with Gasteiger partial charge in [0.15, 0.2) is 0 Å². The molecule has 6 heteroatoms. The van der Waals surface area contributed by atoms with Crippen LogP contribution in [-0.2, 0) is 0 Å². The second-order valence-electron chi connectivity index (χ2n) is 3.88. The van der Waals surface area contributed by atoms with Gasteiger partial charge >= 0.3 is 0 Å². The summed E-state index contributed by atoms with van der Waals surface area (Å²) in [5, 5.41) is 8.54. The fourth-order valence-corrected chi connectivity index (χ4v) is 1.96. The fourth-order valence-electron chi connectivity index (χ4n) is 1.47. The van der Waals surface area contributed by atoms with Crippen molar-refractivity contribution in [2.75, 3.05) is 11.7 Å². The van der Waals surface area contributed by atoms with Gasteiger partial charge in [-0.1, -0.05) is 29.5 Å². The maximum absolute atomic E-state index is 12.0. The Labute approximate surface area is 110 Å². The van der Waals surface area contributed by atoms with E-state index in [1.807, 2.05) is 25.3 Å². The molecule has 0 saturated heterocycles. The van der Waals surface area contributed by atoms with Gasteiger partial charge in [0.25, 0.3) is 5.91 Å². The third-order valence-corrected chi connectivity index (χ3v) is 3.13. The van der Waals surface area contributed by atoms with Gasteiger partial charge in [-0.3, -0.25) is 10.2 Å². The Morgan fingerprint density at radius 1 is 1.22 bits per heavy atom. The highest BCUT2D eigenvalue weighted by Gasteiger charge is 2.11. The van der Waals surface area contributed by atoms with Crippen molar-refractivity contribution in [2.24, 2.45) is 0 Å². The summed E-state index contributed by atoms with van der Waals surface area (Å²) < 4.78 is 1.59. The number of aryl methyl sites for hydroxylation is 2. The molecule has 0 aliphatic rings. The Bertz CT molecular complexity index is 562. The van der Waals surface area contributed by atoms with E-state index >= 15 is 0 Å². The molecule has 0 aliphatic carbocycles. The summed E-state index contributed by atoms with van der Waals surface area (Å²) in [6.07, 6.45) is 1.89. The lowest BCUT2D eigenvalue weighted by Gasteiger charge is -2.09. The van der Waals surface area contributed by atoms with Gasteiger partial charge in [-0.2, -0.15) is 0 Å². The van der Waals surface area contributed by atoms with Crippen molar-refractivity contribution in [1.29, 1.82) is 0 Å². The molecule has 1 heterocycles. The summed E-state index contributed by atoms with van der Waals surface area (Å²) in [4.78, 5) is 12.0. The minimum atomic E-state index is -0.173. The number of nitrogens with zero attached hydrogens (tertiary/aromatic N) is 3. The van der Waals surface area contributed by atoms with Gasteiger partial charge in [-0.25, -0.2) is 4.68 Å². The number of nitrogens with one attached hydrogen (secondary N) is 1. The van der Waals surface area contributed by atoms with Crippen LogP contribution in [0.4, 0.5) is 0 Å². The van der Waals surface area contributed by atoms with Crippen LogP contribution in [0.1, 0.15) is 21.7 Å². The van der Waals surface area contributed by atoms with Crippen molar-refractivity contribution in [3.63, 3.8) is 0 Å². The van der Waals surface area contributed by atoms with Gasteiger partial charge in [0.05, 0.1) is 0 Å². The summed E-state index contributed by atoms with van der Waals surface area (Å²) in [5.74, 6) is 0.480. The molecular formula is C12H14N4OS. The molecule has 0 saturated carbocycles. The maximum Gasteiger partial charge on any atom is 0.270 e. The third-order valence-electron chi connectivity index (χ3n) is 2.50. The van der Waals surface area contributed by atoms with Crippen molar-refractivity contribution in [3.8, 4) is 0 Å². The molecular weight excluding hydrogens is 248 g/mol. The molecule has 0 bridgehead atoms. The molecule has 94 valence electrons. The monoisotopic (exact) mass is 262 g/mol. The second-order valence-corrected chi connectivity index (χ2v) is 4.65. The van der Waals surface area contributed by atoms with Crippen LogP contribution in [0.5, 0.6) is 0 Å². The molecule has 0 spiro atoms. The number of carbonyl (C=O) groups is 1. The second kappa shape index (κ2) is 5.22. The Hall–Kier alpha value is -1.82. The molecule has 0 atom stereocenters. The number of thioether (sulfide) groups is 1. The number of rotatable bonds is 3. The average Bonchev–Trinajstić information content (AvgIpc) is 2.71. The van der Waals surface area contributed by atoms with E-state index in [0.29, 0.717) is 16.5 Å². The number of hydrogen-bond acceptors (Lipinski definition) is 4. The summed E-state index contributed by atoms with van der Waals surface area (Å²) in [7, 11) is 0. The van der Waals surface area contributed by atoms with Crippen LogP contribution in [0.2, 0.25) is 0 Å². The van der Waals surface area contributed by atoms with Crippen molar-refractivity contribution < 1.29 is 4.79 Å². The van der Waals surface area contributed by atoms with Gasteiger partial charge in [0.2, 0.25) is 5.16 Å². The van der Waals surface area contributed by atoms with Gasteiger partial charge in [0.1, 0.15) is 5.82 Å². The van der Waals surface area contributed by atoms with Crippen molar-refractivity contribution in [2.45, 2.75) is 19.0 Å². The van der Waals surface area contributed by atoms with Gasteiger partial charge < -0.3 is 0 Å². The summed E-state index contributed by atoms with van der Waals surface area (Å²) >= 11 is 1.43. The zero-order valence-electron chi connectivity index (χ0n) is 10.5. The SMILES string of the molecule is CSc1nnc(C)n1NC(=O)c1ccc(C)cc1. The smallest absolute Gasteiger partial charge is 0.267 e. The Morgan fingerprint density at radius 2 is 1.89 bits per heavy atom. The van der Waals surface area contributed by atoms with E-state index in [1.54, 1.807) is 23.7 Å². The lowest BCUT2D eigenvalue weighted by atomic mass is 10.1. The lowest BCUT2D eigenvalue weighted by molar-refractivity contribution is 0.101. The van der Waals surface area contributed by atoms with Crippen molar-refractivity contribution in [1.82, 2.24) is 14.9 Å². The van der Waals surface area contributed by atoms with E-state index in [2.05, 4.69) is 15.6 Å². The molecule has 1 N–H and O–H groups in total. The first-order chi connectivity index (χ1) is 8.61. The lowest BCUT2D eigenvalue weighted by Crippen LogP contribution is -2.24. The number of hydrogen-bond donors (Lipinski definition) is 1. The first kappa shape index (κ1) is 12.6. The van der Waals surface area contributed by atoms with Crippen LogP contribution in [-0.4, -0.2) is 27.0 Å². The van der Waals surface area contributed by atoms with Crippen LogP contribution < -0.4 is 5.43 Å². The van der Waals surface area contributed by atoms with Gasteiger partial charge in [0, 0.05) is 5.56 Å². The van der Waals surface area contributed by atoms with Crippen LogP contribution >= 0.6 is 11.8 Å². The van der Waals surface area contributed by atoms with Crippen molar-refractivity contribution >= 4 is 17.7 Å². The molecule has 0 fully saturated rings. The summed E-state index contributed by atoms with van der Waals surface area (Å²) in [6.45, 7) is 3.78. The van der Waals surface area contributed by atoms with Crippen LogP contribution in [0.3, 0.4) is 0 Å². The molecule has 5 nitrogen and oxygen atoms in total. The van der Waals surface area contributed by atoms with Gasteiger partial charge in [-0.05, 0) is 32.2 Å². The highest BCUT2D eigenvalue weighted by atomic mass is 32.2. The third kappa shape index (κ3) is 2.53. The predicted molar refractivity (Wildman–Crippen MR) is 71.4 cm³/mol. The molecule has 0 aliphatic heterocycles. The predicted octanol–water partition coefficient (Wildman–Crippen LogP) is 2.00. The van der Waals surface area contributed by atoms with Crippen LogP contribution in [0.15, 0.2) is 29.4 Å². The van der Waals surface area contributed by atoms with E-state index in [-0.39, 0.29) is 5.91 Å². The molecule has 0 unspecified atom stereocenters. The highest BCUT2D eigenvalue weighted by Crippen LogP contribution is 2.12. The average molecular weight is 262 g/mol. The molecule has 18 heavy (non-hydrogen) atoms. The minimum absolute atomic E-state index is 0.173. The number of benzene rings is 1. The van der Waals surface area contributed by atoms with Crippen molar-refractivity contribution in [3.05, 3.63) is 41.2 Å². The standard InChI is InChI=1S/C12H14N4OS/c1-8-4-6-10(7-5-8)11(17)15-16-9(2)13-14-12(16)18-3/h4-7H,1-3H3,(H,15,17). The van der Waals surface area contributed by atoms with Crippen LogP contribution in [0, 0.1) is 13.8 Å². The van der Waals surface area contributed by atoms with Crippen LogP contribution in [0.25, 0.3) is 0 Å². The first-order valence-corrected chi connectivity index (χ1v) is 6.68. The number of amides is 1. The maximum atomic E-state index is 12.0. The Morgan fingerprint density at radius 3 is 2.50 bits per heavy atom. The number of aromatic nitrogens is 3. The molecule has 2 rings (SSSR count). The molecule has 1 amide bonds. The zero-order chi connectivity index (χ0) is 13.1. The van der Waals surface area contributed by atoms with Gasteiger partial charge in [-0.15, -0.1) is 10.2 Å². The van der Waals surface area contributed by atoms with E-state index < -0.39 is 0 Å². The Balaban J connectivity index is 2.21. The fraction of sp³-hybridized carbons (Fsp3) is 0.250. The Kier molecular flexibility index (Phi) is 3.66. The van der Waals surface area contributed by atoms with E-state index in [1.165, 1.54) is 11.8 Å². The molecule has 1 aromatic carbocycles. The summed E-state index contributed by atoms with van der Waals surface area (Å²) in [5.41, 5.74) is 4.51. The molecule has 0 radical (unpaired) electrons. The topological polar surface area (TPSA) is 59.8 Å².